The molecule has 3 rings (SSSR count). The summed E-state index contributed by atoms with van der Waals surface area (Å²) in [5.74, 6) is 1.30. The van der Waals surface area contributed by atoms with E-state index in [0.29, 0.717) is 11.3 Å². The van der Waals surface area contributed by atoms with Gasteiger partial charge in [0.25, 0.3) is 0 Å². The van der Waals surface area contributed by atoms with Gasteiger partial charge >= 0.3 is 0 Å². The molecule has 1 saturated heterocycles. The van der Waals surface area contributed by atoms with Gasteiger partial charge in [0.15, 0.2) is 0 Å². The predicted molar refractivity (Wildman–Crippen MR) is 88.3 cm³/mol. The first-order chi connectivity index (χ1) is 9.90. The van der Waals surface area contributed by atoms with Gasteiger partial charge in [-0.15, -0.1) is 0 Å². The Morgan fingerprint density at radius 2 is 2.35 bits per heavy atom. The minimum absolute atomic E-state index is 0.454. The van der Waals surface area contributed by atoms with Crippen LogP contribution in [0.2, 0.25) is 0 Å². The molecule has 1 N–H and O–H groups in total. The molecule has 2 heterocycles. The first kappa shape index (κ1) is 13.9. The fourth-order valence-corrected chi connectivity index (χ4v) is 4.42. The van der Waals surface area contributed by atoms with Crippen molar-refractivity contribution in [2.75, 3.05) is 12.3 Å². The van der Waals surface area contributed by atoms with Crippen LogP contribution >= 0.6 is 11.8 Å². The number of fused-ring (bicyclic) bond motifs is 1. The zero-order valence-corrected chi connectivity index (χ0v) is 12.8. The lowest BCUT2D eigenvalue weighted by Gasteiger charge is -2.26. The van der Waals surface area contributed by atoms with Crippen LogP contribution in [-0.4, -0.2) is 22.5 Å². The van der Waals surface area contributed by atoms with E-state index in [9.17, 15) is 0 Å². The van der Waals surface area contributed by atoms with E-state index in [2.05, 4.69) is 53.3 Å². The van der Waals surface area contributed by atoms with Gasteiger partial charge in [-0.2, -0.15) is 11.8 Å². The maximum Gasteiger partial charge on any atom is 0.0447 e. The highest BCUT2D eigenvalue weighted by Gasteiger charge is 2.27. The highest BCUT2D eigenvalue weighted by molar-refractivity contribution is 8.00. The number of hydrogen-bond acceptors (Lipinski definition) is 3. The Kier molecular flexibility index (Phi) is 4.58. The normalized spacial score (nSPS) is 20.4. The molecule has 1 aromatic heterocycles. The largest absolute Gasteiger partial charge is 0.309 e. The van der Waals surface area contributed by atoms with Crippen LogP contribution in [0.4, 0.5) is 0 Å². The Labute approximate surface area is 125 Å². The molecule has 0 aliphatic carbocycles. The van der Waals surface area contributed by atoms with Crippen molar-refractivity contribution >= 4 is 22.5 Å². The molecule has 2 atom stereocenters. The molecule has 2 aromatic rings. The van der Waals surface area contributed by atoms with Crippen LogP contribution in [0.25, 0.3) is 10.8 Å². The molecule has 1 aliphatic rings. The van der Waals surface area contributed by atoms with E-state index in [0.717, 1.165) is 6.54 Å². The summed E-state index contributed by atoms with van der Waals surface area (Å²) in [4.78, 5) is 4.33. The van der Waals surface area contributed by atoms with Crippen molar-refractivity contribution < 1.29 is 0 Å². The summed E-state index contributed by atoms with van der Waals surface area (Å²) in [7, 11) is 0. The molecule has 0 spiro atoms. The zero-order valence-electron chi connectivity index (χ0n) is 12.0. The minimum atomic E-state index is 0.454. The van der Waals surface area contributed by atoms with Gasteiger partial charge in [-0.3, -0.25) is 4.98 Å². The highest BCUT2D eigenvalue weighted by atomic mass is 32.2. The number of hydrogen-bond donors (Lipinski definition) is 1. The highest BCUT2D eigenvalue weighted by Crippen LogP contribution is 2.38. The summed E-state index contributed by atoms with van der Waals surface area (Å²) < 4.78 is 0. The average Bonchev–Trinajstić information content (AvgIpc) is 3.02. The number of thioether (sulfide) groups is 1. The van der Waals surface area contributed by atoms with E-state index >= 15 is 0 Å². The smallest absolute Gasteiger partial charge is 0.0447 e. The number of rotatable bonds is 5. The number of nitrogens with zero attached hydrogens (tertiary/aromatic N) is 1. The third-order valence-electron chi connectivity index (χ3n) is 4.00. The van der Waals surface area contributed by atoms with Crippen LogP contribution in [0.1, 0.15) is 37.8 Å². The molecular formula is C17H22N2S. The van der Waals surface area contributed by atoms with Crippen molar-refractivity contribution in [1.82, 2.24) is 10.3 Å². The van der Waals surface area contributed by atoms with Crippen LogP contribution < -0.4 is 5.32 Å². The second-order valence-electron chi connectivity index (χ2n) is 5.43. The van der Waals surface area contributed by atoms with E-state index in [1.807, 2.05) is 12.4 Å². The summed E-state index contributed by atoms with van der Waals surface area (Å²) >= 11 is 2.12. The molecule has 0 bridgehead atoms. The van der Waals surface area contributed by atoms with Crippen LogP contribution in [0, 0.1) is 0 Å². The number of pyridine rings is 1. The number of benzene rings is 1. The molecule has 0 amide bonds. The van der Waals surface area contributed by atoms with Crippen LogP contribution in [0.5, 0.6) is 0 Å². The third kappa shape index (κ3) is 2.84. The van der Waals surface area contributed by atoms with Gasteiger partial charge in [0.2, 0.25) is 0 Å². The topological polar surface area (TPSA) is 24.9 Å². The van der Waals surface area contributed by atoms with Crippen LogP contribution in [0.15, 0.2) is 36.7 Å². The van der Waals surface area contributed by atoms with E-state index in [-0.39, 0.29) is 0 Å². The first-order valence-electron chi connectivity index (χ1n) is 7.58. The van der Waals surface area contributed by atoms with Gasteiger partial charge in [0.1, 0.15) is 0 Å². The Bertz CT molecular complexity index is 558. The van der Waals surface area contributed by atoms with Gasteiger partial charge < -0.3 is 5.32 Å². The van der Waals surface area contributed by atoms with Gasteiger partial charge in [-0.1, -0.05) is 25.1 Å². The van der Waals surface area contributed by atoms with E-state index in [4.69, 9.17) is 0 Å². The Hall–Kier alpha value is -1.06. The van der Waals surface area contributed by atoms with E-state index in [1.54, 1.807) is 0 Å². The lowest BCUT2D eigenvalue weighted by molar-refractivity contribution is 0.506. The zero-order chi connectivity index (χ0) is 13.8. The molecule has 1 fully saturated rings. The SMILES string of the molecule is CCCNC(c1cccc2ccncc12)C1CCCS1. The summed E-state index contributed by atoms with van der Waals surface area (Å²) in [6.07, 6.45) is 7.75. The van der Waals surface area contributed by atoms with Crippen molar-refractivity contribution in [3.05, 3.63) is 42.2 Å². The lowest BCUT2D eigenvalue weighted by Crippen LogP contribution is -2.29. The van der Waals surface area contributed by atoms with Crippen molar-refractivity contribution in [2.24, 2.45) is 0 Å². The lowest BCUT2D eigenvalue weighted by atomic mass is 9.96. The molecule has 20 heavy (non-hydrogen) atoms. The molecule has 0 radical (unpaired) electrons. The maximum absolute atomic E-state index is 4.33. The number of nitrogens with one attached hydrogen (secondary N) is 1. The molecule has 2 unspecified atom stereocenters. The van der Waals surface area contributed by atoms with Gasteiger partial charge in [-0.25, -0.2) is 0 Å². The van der Waals surface area contributed by atoms with Crippen molar-refractivity contribution in [3.8, 4) is 0 Å². The fourth-order valence-electron chi connectivity index (χ4n) is 3.02. The van der Waals surface area contributed by atoms with Gasteiger partial charge in [0.05, 0.1) is 0 Å². The second-order valence-corrected chi connectivity index (χ2v) is 6.77. The summed E-state index contributed by atoms with van der Waals surface area (Å²) in [5, 5.41) is 7.07. The van der Waals surface area contributed by atoms with Crippen molar-refractivity contribution in [2.45, 2.75) is 37.5 Å². The molecule has 106 valence electrons. The van der Waals surface area contributed by atoms with E-state index in [1.165, 1.54) is 41.4 Å². The molecule has 1 aromatic carbocycles. The molecular weight excluding hydrogens is 264 g/mol. The van der Waals surface area contributed by atoms with Gasteiger partial charge in [0, 0.05) is 29.1 Å². The molecule has 2 nitrogen and oxygen atoms in total. The summed E-state index contributed by atoms with van der Waals surface area (Å²) in [6.45, 7) is 3.31. The van der Waals surface area contributed by atoms with Crippen LogP contribution in [-0.2, 0) is 0 Å². The molecule has 0 saturated carbocycles. The Morgan fingerprint density at radius 3 is 3.15 bits per heavy atom. The summed E-state index contributed by atoms with van der Waals surface area (Å²) in [6, 6.07) is 9.19. The average molecular weight is 286 g/mol. The monoisotopic (exact) mass is 286 g/mol. The quantitative estimate of drug-likeness (QED) is 0.893. The standard InChI is InChI=1S/C17H22N2S/c1-2-9-19-17(16-7-4-11-20-16)14-6-3-5-13-8-10-18-12-15(13)14/h3,5-6,8,10,12,16-17,19H,2,4,7,9,11H2,1H3. The maximum atomic E-state index is 4.33. The molecule has 1 aliphatic heterocycles. The fraction of sp³-hybridized carbons (Fsp3) is 0.471. The first-order valence-corrected chi connectivity index (χ1v) is 8.62. The Morgan fingerprint density at radius 1 is 1.40 bits per heavy atom. The minimum Gasteiger partial charge on any atom is -0.309 e. The second kappa shape index (κ2) is 6.59. The third-order valence-corrected chi connectivity index (χ3v) is 5.46. The van der Waals surface area contributed by atoms with Crippen molar-refractivity contribution in [3.63, 3.8) is 0 Å². The number of aromatic nitrogens is 1. The summed E-state index contributed by atoms with van der Waals surface area (Å²) in [5.41, 5.74) is 1.42. The van der Waals surface area contributed by atoms with Crippen molar-refractivity contribution in [1.29, 1.82) is 0 Å². The van der Waals surface area contributed by atoms with Gasteiger partial charge in [-0.05, 0) is 48.6 Å². The Balaban J connectivity index is 1.99. The van der Waals surface area contributed by atoms with E-state index < -0.39 is 0 Å². The molecule has 3 heteroatoms. The predicted octanol–water partition coefficient (Wildman–Crippen LogP) is 4.17. The van der Waals surface area contributed by atoms with Crippen LogP contribution in [0.3, 0.4) is 0 Å².